The Labute approximate surface area is 363 Å². The maximum Gasteiger partial charge on any atom is 3.00 e. The first-order chi connectivity index (χ1) is 29.0. The Morgan fingerprint density at radius 2 is 0.391 bits per heavy atom. The Balaban J connectivity index is 0.000000611. The Hall–Kier alpha value is -3.87. The minimum atomic E-state index is -7.22. The molecule has 0 aliphatic heterocycles. The van der Waals surface area contributed by atoms with Crippen molar-refractivity contribution in [2.24, 2.45) is 0 Å². The molecule has 0 bridgehead atoms. The van der Waals surface area contributed by atoms with Gasteiger partial charge in [-0.25, -0.2) is 87.8 Å². The van der Waals surface area contributed by atoms with Crippen molar-refractivity contribution in [2.75, 3.05) is 0 Å². The standard InChI is InChI=1S/C24BF20.2C5H5.CHF3O3S.Zr/c26-5-1(6(27)14(35)21(42)13(5)34)25(2-7(28)15(36)22(43)16(37)8(2)29,3-9(30)17(38)23(44)18(39)10(3)31)4-11(32)19(40)24(45)20(41)12(4)33;2*1-2-4-5-3-1;2-1(3,4)8(5,6)7;/h;2*1-5H;(H,5,6,7);/q-1;;;;+3. The smallest absolute Gasteiger partial charge is 0.279 e. The molecule has 4 aromatic carbocycles. The Morgan fingerprint density at radius 3 is 0.484 bits per heavy atom. The van der Waals surface area contributed by atoms with Crippen molar-refractivity contribution in [1.82, 2.24) is 0 Å². The van der Waals surface area contributed by atoms with Gasteiger partial charge in [0.25, 0.3) is 0 Å². The number of benzene rings is 4. The van der Waals surface area contributed by atoms with E-state index >= 15 is 35.1 Å². The van der Waals surface area contributed by atoms with Crippen molar-refractivity contribution in [3.8, 4) is 0 Å². The van der Waals surface area contributed by atoms with Crippen LogP contribution >= 0.6 is 0 Å². The summed E-state index contributed by atoms with van der Waals surface area (Å²) in [7, 11) is -5.84. The fourth-order valence-corrected chi connectivity index (χ4v) is 5.52. The van der Waals surface area contributed by atoms with Crippen LogP contribution in [0.5, 0.6) is 0 Å². The number of rotatable bonds is 4. The van der Waals surface area contributed by atoms with Crippen LogP contribution in [-0.4, -0.2) is 24.6 Å². The summed E-state index contributed by atoms with van der Waals surface area (Å²) in [6.45, 7) is 0. The second-order valence-electron chi connectivity index (χ2n) is 11.6. The zero-order chi connectivity index (χ0) is 48.4. The molecule has 3 nitrogen and oxygen atoms in total. The first-order valence-corrected chi connectivity index (χ1v) is 17.0. The van der Waals surface area contributed by atoms with Crippen molar-refractivity contribution in [1.29, 1.82) is 0 Å². The molecule has 2 aliphatic rings. The van der Waals surface area contributed by atoms with Gasteiger partial charge in [-0.1, -0.05) is 0 Å². The molecule has 2 aliphatic carbocycles. The summed E-state index contributed by atoms with van der Waals surface area (Å²) in [5, 5.41) is 0. The van der Waals surface area contributed by atoms with Gasteiger partial charge in [-0.05, 0) is 64.2 Å². The Morgan fingerprint density at radius 1 is 0.297 bits per heavy atom. The SMILES string of the molecule is Fc1c(F)c(F)c([B-](c2c(F)c(F)c(F)c(F)c2F)(c2c(F)c(F)c(F)c(F)c2F)c2c(F)c(F)c(F)c(F)c2F)c(F)c1F.O=S(=O)(O)C(F)(F)F.[CH]1[CH][CH][CH][CH]1.[CH]1[CH][CH][CH][CH]1.[Zr+3]. The quantitative estimate of drug-likeness (QED) is 0.0560. The van der Waals surface area contributed by atoms with Crippen LogP contribution in [0.2, 0.25) is 0 Å². The molecule has 341 valence electrons. The van der Waals surface area contributed by atoms with Crippen molar-refractivity contribution < 1.29 is 140 Å². The fourth-order valence-electron chi connectivity index (χ4n) is 5.52. The summed E-state index contributed by atoms with van der Waals surface area (Å²) >= 11 is 0. The number of hydrogen-bond acceptors (Lipinski definition) is 2. The Bertz CT molecular complexity index is 2090. The zero-order valence-electron chi connectivity index (χ0n) is 29.7. The van der Waals surface area contributed by atoms with Crippen molar-refractivity contribution in [3.63, 3.8) is 0 Å². The van der Waals surface area contributed by atoms with Crippen LogP contribution < -0.4 is 21.9 Å². The van der Waals surface area contributed by atoms with E-state index in [1.165, 1.54) is 0 Å². The van der Waals surface area contributed by atoms with Crippen LogP contribution in [0.3, 0.4) is 0 Å². The molecule has 0 heterocycles. The van der Waals surface area contributed by atoms with E-state index in [1.54, 1.807) is 0 Å². The van der Waals surface area contributed by atoms with Gasteiger partial charge in [0, 0.05) is 0 Å². The summed E-state index contributed by atoms with van der Waals surface area (Å²) in [6, 6.07) is 0. The zero-order valence-corrected chi connectivity index (χ0v) is 33.0. The summed E-state index contributed by atoms with van der Waals surface area (Å²) in [6.07, 6.45) is 12.8. The first kappa shape index (κ1) is 56.3. The van der Waals surface area contributed by atoms with E-state index in [1.807, 2.05) is 64.2 Å². The molecule has 11 radical (unpaired) electrons. The van der Waals surface area contributed by atoms with Crippen LogP contribution in [0.25, 0.3) is 0 Å². The molecule has 0 amide bonds. The second-order valence-corrected chi connectivity index (χ2v) is 13.1. The maximum atomic E-state index is 15.4. The topological polar surface area (TPSA) is 54.4 Å². The maximum absolute atomic E-state index is 15.4. The van der Waals surface area contributed by atoms with Crippen LogP contribution in [-0.2, 0) is 36.3 Å². The third-order valence-electron chi connectivity index (χ3n) is 8.11. The van der Waals surface area contributed by atoms with E-state index in [0.717, 1.165) is 0 Å². The first-order valence-electron chi connectivity index (χ1n) is 15.6. The molecule has 0 atom stereocenters. The molecule has 2 saturated carbocycles. The van der Waals surface area contributed by atoms with Gasteiger partial charge in [0.05, 0.1) is 0 Å². The molecule has 2 fully saturated rings. The van der Waals surface area contributed by atoms with Gasteiger partial charge >= 0.3 is 41.8 Å². The molecule has 1 N–H and O–H groups in total. The number of hydrogen-bond donors (Lipinski definition) is 1. The average molecular weight is 1050 g/mol. The van der Waals surface area contributed by atoms with Gasteiger partial charge < -0.3 is 0 Å². The van der Waals surface area contributed by atoms with E-state index in [2.05, 4.69) is 0 Å². The molecule has 0 aromatic heterocycles. The van der Waals surface area contributed by atoms with E-state index in [9.17, 15) is 65.9 Å². The largest absolute Gasteiger partial charge is 3.00 e. The predicted molar refractivity (Wildman–Crippen MR) is 170 cm³/mol. The van der Waals surface area contributed by atoms with Gasteiger partial charge in [0.15, 0.2) is 69.8 Å². The van der Waals surface area contributed by atoms with Crippen LogP contribution in [0.1, 0.15) is 0 Å². The van der Waals surface area contributed by atoms with Crippen molar-refractivity contribution in [2.45, 2.75) is 5.51 Å². The summed E-state index contributed by atoms with van der Waals surface area (Å²) < 4.78 is 351. The van der Waals surface area contributed by atoms with Gasteiger partial charge in [-0.3, -0.25) is 4.55 Å². The number of alkyl halides is 3. The molecule has 0 unspecified atom stereocenters. The monoisotopic (exact) mass is 1050 g/mol. The van der Waals surface area contributed by atoms with Crippen molar-refractivity contribution >= 4 is 38.1 Å². The van der Waals surface area contributed by atoms with Gasteiger partial charge in [-0.2, -0.15) is 21.6 Å². The summed E-state index contributed by atoms with van der Waals surface area (Å²) in [5.74, 6) is -71.4. The molecular weight excluding hydrogens is 1040 g/mol. The van der Waals surface area contributed by atoms with Gasteiger partial charge in [-0.15, -0.1) is 21.9 Å². The normalized spacial score (nSPS) is 13.9. The average Bonchev–Trinajstić information content (AvgIpc) is 4.01. The van der Waals surface area contributed by atoms with Gasteiger partial charge in [0.1, 0.15) is 52.7 Å². The Kier molecular flexibility index (Phi) is 19.0. The molecule has 29 heteroatoms. The second kappa shape index (κ2) is 21.6. The molecule has 64 heavy (non-hydrogen) atoms. The predicted octanol–water partition coefficient (Wildman–Crippen LogP) is 8.28. The van der Waals surface area contributed by atoms with E-state index in [-0.39, 0.29) is 26.2 Å². The molecule has 4 aromatic rings. The third-order valence-corrected chi connectivity index (χ3v) is 8.70. The fraction of sp³-hybridized carbons (Fsp3) is 0.0286. The minimum absolute atomic E-state index is 0. The van der Waals surface area contributed by atoms with E-state index in [0.29, 0.717) is 0 Å². The number of halogens is 23. The molecular formula is C35H11BF23O3SZr+2. The van der Waals surface area contributed by atoms with E-state index < -0.39 is 160 Å². The summed E-state index contributed by atoms with van der Waals surface area (Å²) in [5.41, 5.74) is -19.9. The minimum Gasteiger partial charge on any atom is -0.279 e. The molecule has 0 spiro atoms. The van der Waals surface area contributed by atoms with Crippen LogP contribution in [0.15, 0.2) is 0 Å². The van der Waals surface area contributed by atoms with Crippen LogP contribution in [0, 0.1) is 181 Å². The van der Waals surface area contributed by atoms with Crippen LogP contribution in [0.4, 0.5) is 101 Å². The molecule has 0 saturated heterocycles. The third kappa shape index (κ3) is 10.4. The van der Waals surface area contributed by atoms with Crippen molar-refractivity contribution in [3.05, 3.63) is 181 Å². The van der Waals surface area contributed by atoms with Gasteiger partial charge in [0.2, 0.25) is 0 Å². The van der Waals surface area contributed by atoms with E-state index in [4.69, 9.17) is 13.0 Å². The molecule has 6 rings (SSSR count). The summed E-state index contributed by atoms with van der Waals surface area (Å²) in [4.78, 5) is 0.